The smallest absolute Gasteiger partial charge is 0.223 e. The van der Waals surface area contributed by atoms with Gasteiger partial charge in [0.2, 0.25) is 5.91 Å². The second-order valence-corrected chi connectivity index (χ2v) is 5.73. The summed E-state index contributed by atoms with van der Waals surface area (Å²) in [5, 5.41) is 0. The Morgan fingerprint density at radius 1 is 1.27 bits per heavy atom. The average Bonchev–Trinajstić information content (AvgIpc) is 2.54. The molecule has 2 atom stereocenters. The zero-order valence-electron chi connectivity index (χ0n) is 13.8. The quantitative estimate of drug-likeness (QED) is 0.837. The Kier molecular flexibility index (Phi) is 5.66. The van der Waals surface area contributed by atoms with Gasteiger partial charge in [-0.15, -0.1) is 0 Å². The van der Waals surface area contributed by atoms with Gasteiger partial charge >= 0.3 is 0 Å². The van der Waals surface area contributed by atoms with Crippen LogP contribution < -0.4 is 9.47 Å². The van der Waals surface area contributed by atoms with Crippen LogP contribution in [0.1, 0.15) is 25.8 Å². The highest BCUT2D eigenvalue weighted by Gasteiger charge is 2.27. The Morgan fingerprint density at radius 3 is 2.68 bits per heavy atom. The fourth-order valence-corrected chi connectivity index (χ4v) is 2.68. The summed E-state index contributed by atoms with van der Waals surface area (Å²) in [7, 11) is 3.23. The Bertz CT molecular complexity index is 517. The normalized spacial score (nSPS) is 21.5. The first-order chi connectivity index (χ1) is 10.5. The molecule has 1 amide bonds. The molecule has 1 aliphatic rings. The molecule has 2 rings (SSSR count). The molecule has 1 aromatic rings. The van der Waals surface area contributed by atoms with Gasteiger partial charge in [-0.05, 0) is 38.0 Å². The molecular formula is C17H25NO4. The van der Waals surface area contributed by atoms with Crippen LogP contribution in [0, 0.1) is 0 Å². The number of aryl methyl sites for hydroxylation is 1. The van der Waals surface area contributed by atoms with E-state index < -0.39 is 0 Å². The maximum Gasteiger partial charge on any atom is 0.223 e. The fourth-order valence-electron chi connectivity index (χ4n) is 2.68. The van der Waals surface area contributed by atoms with E-state index in [9.17, 15) is 4.79 Å². The summed E-state index contributed by atoms with van der Waals surface area (Å²) in [4.78, 5) is 14.3. The summed E-state index contributed by atoms with van der Waals surface area (Å²) in [5.41, 5.74) is 1.07. The third-order valence-electron chi connectivity index (χ3n) is 4.00. The molecule has 5 nitrogen and oxygen atoms in total. The zero-order valence-corrected chi connectivity index (χ0v) is 13.8. The third kappa shape index (κ3) is 3.91. The molecule has 5 heteroatoms. The van der Waals surface area contributed by atoms with Crippen LogP contribution in [0.15, 0.2) is 18.2 Å². The lowest BCUT2D eigenvalue weighted by Gasteiger charge is -2.37. The maximum atomic E-state index is 12.4. The molecule has 1 fully saturated rings. The van der Waals surface area contributed by atoms with E-state index >= 15 is 0 Å². The van der Waals surface area contributed by atoms with Crippen LogP contribution in [-0.4, -0.2) is 50.3 Å². The number of methoxy groups -OCH3 is 2. The van der Waals surface area contributed by atoms with Crippen molar-refractivity contribution in [3.63, 3.8) is 0 Å². The minimum Gasteiger partial charge on any atom is -0.493 e. The number of hydrogen-bond donors (Lipinski definition) is 0. The summed E-state index contributed by atoms with van der Waals surface area (Å²) in [5.74, 6) is 1.58. The van der Waals surface area contributed by atoms with E-state index in [2.05, 4.69) is 0 Å². The molecule has 1 aromatic carbocycles. The second kappa shape index (κ2) is 7.49. The highest BCUT2D eigenvalue weighted by molar-refractivity contribution is 5.77. The molecule has 0 aliphatic carbocycles. The van der Waals surface area contributed by atoms with Crippen molar-refractivity contribution < 1.29 is 19.0 Å². The zero-order chi connectivity index (χ0) is 16.1. The highest BCUT2D eigenvalue weighted by Crippen LogP contribution is 2.28. The van der Waals surface area contributed by atoms with Gasteiger partial charge in [-0.25, -0.2) is 0 Å². The number of carbonyl (C=O) groups is 1. The first-order valence-corrected chi connectivity index (χ1v) is 7.67. The SMILES string of the molecule is COc1ccc(CCC(=O)N2CC(C)OCC2C)cc1OC. The van der Waals surface area contributed by atoms with E-state index in [0.717, 1.165) is 5.56 Å². The van der Waals surface area contributed by atoms with Crippen molar-refractivity contribution >= 4 is 5.91 Å². The topological polar surface area (TPSA) is 48.0 Å². The molecule has 0 bridgehead atoms. The van der Waals surface area contributed by atoms with Crippen LogP contribution in [0.25, 0.3) is 0 Å². The molecule has 1 saturated heterocycles. The molecule has 122 valence electrons. The first-order valence-electron chi connectivity index (χ1n) is 7.67. The van der Waals surface area contributed by atoms with E-state index in [4.69, 9.17) is 14.2 Å². The van der Waals surface area contributed by atoms with Gasteiger partial charge in [-0.1, -0.05) is 6.07 Å². The predicted molar refractivity (Wildman–Crippen MR) is 84.5 cm³/mol. The number of rotatable bonds is 5. The van der Waals surface area contributed by atoms with Gasteiger partial charge in [0.25, 0.3) is 0 Å². The van der Waals surface area contributed by atoms with E-state index in [-0.39, 0.29) is 18.1 Å². The van der Waals surface area contributed by atoms with E-state index in [0.29, 0.717) is 37.5 Å². The van der Waals surface area contributed by atoms with Crippen molar-refractivity contribution in [2.75, 3.05) is 27.4 Å². The summed E-state index contributed by atoms with van der Waals surface area (Å²) in [6.07, 6.45) is 1.30. The standard InChI is InChI=1S/C17H25NO4/c1-12-11-22-13(2)10-18(12)17(19)8-6-14-5-7-15(20-3)16(9-14)21-4/h5,7,9,12-13H,6,8,10-11H2,1-4H3. The minimum atomic E-state index is 0.112. The Balaban J connectivity index is 1.96. The molecule has 0 radical (unpaired) electrons. The molecule has 0 saturated carbocycles. The van der Waals surface area contributed by atoms with Crippen molar-refractivity contribution in [3.05, 3.63) is 23.8 Å². The molecule has 1 aliphatic heterocycles. The lowest BCUT2D eigenvalue weighted by Crippen LogP contribution is -2.50. The fraction of sp³-hybridized carbons (Fsp3) is 0.588. The Hall–Kier alpha value is -1.75. The predicted octanol–water partition coefficient (Wildman–Crippen LogP) is 2.27. The van der Waals surface area contributed by atoms with Crippen LogP contribution >= 0.6 is 0 Å². The summed E-state index contributed by atoms with van der Waals surface area (Å²) < 4.78 is 16.1. The van der Waals surface area contributed by atoms with Crippen molar-refractivity contribution in [2.24, 2.45) is 0 Å². The number of ether oxygens (including phenoxy) is 3. The highest BCUT2D eigenvalue weighted by atomic mass is 16.5. The van der Waals surface area contributed by atoms with E-state index in [1.807, 2.05) is 36.9 Å². The molecular weight excluding hydrogens is 282 g/mol. The van der Waals surface area contributed by atoms with Gasteiger partial charge in [0.15, 0.2) is 11.5 Å². The van der Waals surface area contributed by atoms with Gasteiger partial charge in [-0.3, -0.25) is 4.79 Å². The lowest BCUT2D eigenvalue weighted by molar-refractivity contribution is -0.143. The number of nitrogens with zero attached hydrogens (tertiary/aromatic N) is 1. The number of morpholine rings is 1. The minimum absolute atomic E-state index is 0.112. The molecule has 0 spiro atoms. The monoisotopic (exact) mass is 307 g/mol. The van der Waals surface area contributed by atoms with Crippen molar-refractivity contribution in [1.29, 1.82) is 0 Å². The number of carbonyl (C=O) groups excluding carboxylic acids is 1. The summed E-state index contributed by atoms with van der Waals surface area (Å²) >= 11 is 0. The summed E-state index contributed by atoms with van der Waals surface area (Å²) in [6.45, 7) is 5.32. The average molecular weight is 307 g/mol. The largest absolute Gasteiger partial charge is 0.493 e. The first kappa shape index (κ1) is 16.6. The van der Waals surface area contributed by atoms with E-state index in [1.165, 1.54) is 0 Å². The maximum absolute atomic E-state index is 12.4. The van der Waals surface area contributed by atoms with Crippen molar-refractivity contribution in [3.8, 4) is 11.5 Å². The summed E-state index contributed by atoms with van der Waals surface area (Å²) in [6, 6.07) is 5.92. The molecule has 0 N–H and O–H groups in total. The second-order valence-electron chi connectivity index (χ2n) is 5.73. The van der Waals surface area contributed by atoms with Gasteiger partial charge in [0, 0.05) is 13.0 Å². The number of amides is 1. The van der Waals surface area contributed by atoms with Crippen LogP contribution in [0.2, 0.25) is 0 Å². The van der Waals surface area contributed by atoms with Gasteiger partial charge in [-0.2, -0.15) is 0 Å². The molecule has 0 aromatic heterocycles. The molecule has 22 heavy (non-hydrogen) atoms. The van der Waals surface area contributed by atoms with Crippen LogP contribution in [0.4, 0.5) is 0 Å². The lowest BCUT2D eigenvalue weighted by atomic mass is 10.1. The third-order valence-corrected chi connectivity index (χ3v) is 4.00. The van der Waals surface area contributed by atoms with Crippen LogP contribution in [-0.2, 0) is 16.0 Å². The van der Waals surface area contributed by atoms with E-state index in [1.54, 1.807) is 14.2 Å². The Morgan fingerprint density at radius 2 is 2.00 bits per heavy atom. The van der Waals surface area contributed by atoms with Crippen LogP contribution in [0.3, 0.4) is 0 Å². The molecule has 2 unspecified atom stereocenters. The van der Waals surface area contributed by atoms with Crippen LogP contribution in [0.5, 0.6) is 11.5 Å². The van der Waals surface area contributed by atoms with Gasteiger partial charge in [0.05, 0.1) is 33.0 Å². The van der Waals surface area contributed by atoms with Crippen molar-refractivity contribution in [1.82, 2.24) is 4.90 Å². The molecule has 1 heterocycles. The number of benzene rings is 1. The van der Waals surface area contributed by atoms with Gasteiger partial charge < -0.3 is 19.1 Å². The Labute approximate surface area is 132 Å². The number of hydrogen-bond acceptors (Lipinski definition) is 4. The van der Waals surface area contributed by atoms with Gasteiger partial charge in [0.1, 0.15) is 0 Å². The van der Waals surface area contributed by atoms with Crippen molar-refractivity contribution in [2.45, 2.75) is 38.8 Å².